The van der Waals surface area contributed by atoms with Crippen molar-refractivity contribution >= 4 is 5.78 Å². The molecule has 0 amide bonds. The lowest BCUT2D eigenvalue weighted by Gasteiger charge is -2.07. The molecule has 0 aliphatic carbocycles. The van der Waals surface area contributed by atoms with Crippen molar-refractivity contribution in [3.63, 3.8) is 0 Å². The standard InChI is InChI=1S/C15H10F4O/c1-7-3-9(14(19)6-12(7)17)15(20)10-5-11(16)8(2)4-13(10)18/h3-6H,1-2H3. The van der Waals surface area contributed by atoms with Gasteiger partial charge in [-0.15, -0.1) is 0 Å². The molecule has 0 aliphatic rings. The van der Waals surface area contributed by atoms with Crippen LogP contribution in [0, 0.1) is 37.1 Å². The molecule has 1 nitrogen and oxygen atoms in total. The molecule has 0 fully saturated rings. The van der Waals surface area contributed by atoms with Crippen molar-refractivity contribution in [1.29, 1.82) is 0 Å². The Kier molecular flexibility index (Phi) is 3.61. The molecule has 0 saturated heterocycles. The van der Waals surface area contributed by atoms with Crippen LogP contribution < -0.4 is 0 Å². The number of hydrogen-bond acceptors (Lipinski definition) is 1. The van der Waals surface area contributed by atoms with E-state index in [2.05, 4.69) is 0 Å². The monoisotopic (exact) mass is 282 g/mol. The van der Waals surface area contributed by atoms with E-state index in [0.717, 1.165) is 12.1 Å². The van der Waals surface area contributed by atoms with Crippen molar-refractivity contribution in [2.45, 2.75) is 13.8 Å². The fourth-order valence-electron chi connectivity index (χ4n) is 1.80. The SMILES string of the molecule is Cc1cc(C(=O)c2cc(F)c(C)cc2F)c(F)cc1F. The summed E-state index contributed by atoms with van der Waals surface area (Å²) in [5, 5.41) is 0. The predicted octanol–water partition coefficient (Wildman–Crippen LogP) is 4.09. The first-order valence-electron chi connectivity index (χ1n) is 5.77. The van der Waals surface area contributed by atoms with Crippen LogP contribution in [0.1, 0.15) is 27.0 Å². The molecule has 0 radical (unpaired) electrons. The molecule has 104 valence electrons. The summed E-state index contributed by atoms with van der Waals surface area (Å²) in [7, 11) is 0. The summed E-state index contributed by atoms with van der Waals surface area (Å²) >= 11 is 0. The van der Waals surface area contributed by atoms with Gasteiger partial charge in [-0.1, -0.05) is 0 Å². The molecule has 5 heteroatoms. The van der Waals surface area contributed by atoms with Crippen molar-refractivity contribution in [2.24, 2.45) is 0 Å². The Labute approximate surface area is 112 Å². The normalized spacial score (nSPS) is 10.7. The van der Waals surface area contributed by atoms with Gasteiger partial charge in [0.25, 0.3) is 0 Å². The Bertz CT molecular complexity index is 648. The summed E-state index contributed by atoms with van der Waals surface area (Å²) in [6.45, 7) is 2.69. The van der Waals surface area contributed by atoms with Gasteiger partial charge in [-0.3, -0.25) is 4.79 Å². The number of carbonyl (C=O) groups excluding carboxylic acids is 1. The Morgan fingerprint density at radius 3 is 1.80 bits per heavy atom. The highest BCUT2D eigenvalue weighted by molar-refractivity contribution is 6.09. The van der Waals surface area contributed by atoms with E-state index in [4.69, 9.17) is 0 Å². The van der Waals surface area contributed by atoms with E-state index >= 15 is 0 Å². The molecular formula is C15H10F4O. The maximum Gasteiger partial charge on any atom is 0.199 e. The first-order chi connectivity index (χ1) is 9.31. The van der Waals surface area contributed by atoms with Crippen LogP contribution in [0.15, 0.2) is 24.3 Å². The highest BCUT2D eigenvalue weighted by Crippen LogP contribution is 2.21. The third-order valence-electron chi connectivity index (χ3n) is 2.99. The zero-order valence-electron chi connectivity index (χ0n) is 10.7. The van der Waals surface area contributed by atoms with E-state index in [1.165, 1.54) is 13.8 Å². The summed E-state index contributed by atoms with van der Waals surface area (Å²) in [6.07, 6.45) is 0. The summed E-state index contributed by atoms with van der Waals surface area (Å²) in [5.41, 5.74) is -0.999. The minimum atomic E-state index is -1.11. The third kappa shape index (κ3) is 2.43. The van der Waals surface area contributed by atoms with Crippen LogP contribution in [0.4, 0.5) is 17.6 Å². The number of carbonyl (C=O) groups is 1. The van der Waals surface area contributed by atoms with Crippen LogP contribution in [0.2, 0.25) is 0 Å². The minimum absolute atomic E-state index is 0.0369. The molecule has 2 aromatic rings. The lowest BCUT2D eigenvalue weighted by molar-refractivity contribution is 0.103. The molecule has 0 spiro atoms. The van der Waals surface area contributed by atoms with E-state index in [-0.39, 0.29) is 11.1 Å². The average molecular weight is 282 g/mol. The molecule has 0 unspecified atom stereocenters. The Hall–Kier alpha value is -2.17. The lowest BCUT2D eigenvalue weighted by Crippen LogP contribution is -2.09. The van der Waals surface area contributed by atoms with Gasteiger partial charge in [0.05, 0.1) is 11.1 Å². The van der Waals surface area contributed by atoms with Gasteiger partial charge in [0.15, 0.2) is 5.78 Å². The van der Waals surface area contributed by atoms with E-state index in [1.807, 2.05) is 0 Å². The van der Waals surface area contributed by atoms with Gasteiger partial charge in [-0.05, 0) is 43.2 Å². The van der Waals surface area contributed by atoms with E-state index in [1.54, 1.807) is 0 Å². The van der Waals surface area contributed by atoms with Crippen LogP contribution in [-0.4, -0.2) is 5.78 Å². The Balaban J connectivity index is 2.57. The first kappa shape index (κ1) is 14.2. The molecule has 0 aliphatic heterocycles. The summed E-state index contributed by atoms with van der Waals surface area (Å²) in [6, 6.07) is 3.09. The highest BCUT2D eigenvalue weighted by Gasteiger charge is 2.20. The third-order valence-corrected chi connectivity index (χ3v) is 2.99. The van der Waals surface area contributed by atoms with Crippen molar-refractivity contribution in [1.82, 2.24) is 0 Å². The lowest BCUT2D eigenvalue weighted by atomic mass is 9.99. The second-order valence-corrected chi connectivity index (χ2v) is 4.49. The van der Waals surface area contributed by atoms with Gasteiger partial charge < -0.3 is 0 Å². The minimum Gasteiger partial charge on any atom is -0.288 e. The van der Waals surface area contributed by atoms with Gasteiger partial charge in [0.1, 0.15) is 23.3 Å². The highest BCUT2D eigenvalue weighted by atomic mass is 19.1. The zero-order valence-corrected chi connectivity index (χ0v) is 10.7. The number of halogens is 4. The van der Waals surface area contributed by atoms with Gasteiger partial charge in [-0.2, -0.15) is 0 Å². The molecule has 2 rings (SSSR count). The molecule has 0 N–H and O–H groups in total. The Morgan fingerprint density at radius 1 is 0.700 bits per heavy atom. The number of ketones is 1. The molecule has 0 saturated carbocycles. The molecule has 2 aromatic carbocycles. The summed E-state index contributed by atoms with van der Waals surface area (Å²) < 4.78 is 53.8. The van der Waals surface area contributed by atoms with Gasteiger partial charge in [0, 0.05) is 6.07 Å². The van der Waals surface area contributed by atoms with Crippen LogP contribution in [0.25, 0.3) is 0 Å². The first-order valence-corrected chi connectivity index (χ1v) is 5.77. The van der Waals surface area contributed by atoms with Crippen molar-refractivity contribution in [3.8, 4) is 0 Å². The van der Waals surface area contributed by atoms with Crippen LogP contribution in [0.5, 0.6) is 0 Å². The molecule has 0 aromatic heterocycles. The van der Waals surface area contributed by atoms with Crippen molar-refractivity contribution in [2.75, 3.05) is 0 Å². The summed E-state index contributed by atoms with van der Waals surface area (Å²) in [4.78, 5) is 12.0. The maximum atomic E-state index is 13.7. The topological polar surface area (TPSA) is 17.1 Å². The van der Waals surface area contributed by atoms with E-state index in [0.29, 0.717) is 12.1 Å². The molecule has 0 bridgehead atoms. The van der Waals surface area contributed by atoms with Gasteiger partial charge in [-0.25, -0.2) is 17.6 Å². The number of aryl methyl sites for hydroxylation is 2. The van der Waals surface area contributed by atoms with Gasteiger partial charge in [0.2, 0.25) is 0 Å². The smallest absolute Gasteiger partial charge is 0.199 e. The van der Waals surface area contributed by atoms with Crippen LogP contribution >= 0.6 is 0 Å². The number of hydrogen-bond donors (Lipinski definition) is 0. The maximum absolute atomic E-state index is 13.7. The Morgan fingerprint density at radius 2 is 1.15 bits per heavy atom. The van der Waals surface area contributed by atoms with E-state index in [9.17, 15) is 22.4 Å². The largest absolute Gasteiger partial charge is 0.288 e. The second kappa shape index (κ2) is 5.07. The van der Waals surface area contributed by atoms with Crippen LogP contribution in [-0.2, 0) is 0 Å². The quantitative estimate of drug-likeness (QED) is 0.599. The average Bonchev–Trinajstić information content (AvgIpc) is 2.37. The van der Waals surface area contributed by atoms with Crippen LogP contribution in [0.3, 0.4) is 0 Å². The molecule has 0 atom stereocenters. The van der Waals surface area contributed by atoms with E-state index < -0.39 is 40.2 Å². The zero-order chi connectivity index (χ0) is 15.0. The second-order valence-electron chi connectivity index (χ2n) is 4.49. The summed E-state index contributed by atoms with van der Waals surface area (Å²) in [5.74, 6) is -4.67. The number of rotatable bonds is 2. The predicted molar refractivity (Wildman–Crippen MR) is 65.6 cm³/mol. The fourth-order valence-corrected chi connectivity index (χ4v) is 1.80. The fraction of sp³-hybridized carbons (Fsp3) is 0.133. The van der Waals surface area contributed by atoms with Crippen molar-refractivity contribution < 1.29 is 22.4 Å². The number of benzene rings is 2. The van der Waals surface area contributed by atoms with Gasteiger partial charge >= 0.3 is 0 Å². The van der Waals surface area contributed by atoms with Crippen molar-refractivity contribution in [3.05, 3.63) is 69.8 Å². The molecule has 0 heterocycles. The molecule has 20 heavy (non-hydrogen) atoms. The molecular weight excluding hydrogens is 272 g/mol.